The highest BCUT2D eigenvalue weighted by Gasteiger charge is 2.03. The minimum absolute atomic E-state index is 0.0822. The number of aromatic nitrogens is 1. The van der Waals surface area contributed by atoms with Crippen LogP contribution in [0.3, 0.4) is 0 Å². The second-order valence-electron chi connectivity index (χ2n) is 3.17. The Labute approximate surface area is 102 Å². The predicted octanol–water partition coefficient (Wildman–Crippen LogP) is 1.47. The number of fused-ring (bicyclic) bond motifs is 1. The van der Waals surface area contributed by atoms with E-state index in [0.717, 1.165) is 5.39 Å². The maximum atomic E-state index is 11.6. The molecule has 6 heteroatoms. The van der Waals surface area contributed by atoms with Crippen LogP contribution in [-0.2, 0) is 0 Å². The van der Waals surface area contributed by atoms with Gasteiger partial charge in [0.2, 0.25) is 0 Å². The van der Waals surface area contributed by atoms with Gasteiger partial charge >= 0.3 is 0 Å². The standard InChI is InChI=1S/C10H8N2O2S2/c13-7-3-1-6-2-4-9(14)12(8(6)5-7)11-10(15)16/h1-5,13H,(H2,11,15,16). The van der Waals surface area contributed by atoms with Crippen LogP contribution >= 0.6 is 24.8 Å². The number of rotatable bonds is 1. The van der Waals surface area contributed by atoms with Crippen LogP contribution in [0, 0.1) is 0 Å². The van der Waals surface area contributed by atoms with Crippen LogP contribution in [0.2, 0.25) is 0 Å². The van der Waals surface area contributed by atoms with Gasteiger partial charge in [-0.25, -0.2) is 4.68 Å². The number of nitrogens with one attached hydrogen (secondary N) is 1. The molecule has 0 radical (unpaired) electrons. The number of phenols is 1. The SMILES string of the molecule is O=c1ccc2ccc(O)cc2n1NC(=S)S. The van der Waals surface area contributed by atoms with Gasteiger partial charge in [0.1, 0.15) is 10.1 Å². The lowest BCUT2D eigenvalue weighted by molar-refractivity contribution is 0.476. The number of phenolic OH excluding ortho intramolecular Hbond substituents is 1. The van der Waals surface area contributed by atoms with Crippen molar-refractivity contribution in [2.75, 3.05) is 5.43 Å². The zero-order valence-electron chi connectivity index (χ0n) is 8.04. The van der Waals surface area contributed by atoms with Crippen LogP contribution < -0.4 is 11.0 Å². The molecule has 0 spiro atoms. The molecular weight excluding hydrogens is 244 g/mol. The molecule has 0 aliphatic carbocycles. The minimum atomic E-state index is -0.269. The fraction of sp³-hybridized carbons (Fsp3) is 0. The van der Waals surface area contributed by atoms with E-state index in [2.05, 4.69) is 18.1 Å². The first-order valence-corrected chi connectivity index (χ1v) is 5.28. The normalized spacial score (nSPS) is 10.3. The number of nitrogens with zero attached hydrogens (tertiary/aromatic N) is 1. The Morgan fingerprint density at radius 3 is 2.75 bits per heavy atom. The van der Waals surface area contributed by atoms with E-state index < -0.39 is 0 Å². The van der Waals surface area contributed by atoms with Crippen LogP contribution in [0.5, 0.6) is 5.75 Å². The van der Waals surface area contributed by atoms with Crippen LogP contribution in [0.25, 0.3) is 10.9 Å². The van der Waals surface area contributed by atoms with Crippen LogP contribution in [0.1, 0.15) is 0 Å². The minimum Gasteiger partial charge on any atom is -0.508 e. The maximum Gasteiger partial charge on any atom is 0.269 e. The van der Waals surface area contributed by atoms with Gasteiger partial charge in [-0.2, -0.15) is 0 Å². The zero-order chi connectivity index (χ0) is 11.7. The summed E-state index contributed by atoms with van der Waals surface area (Å²) < 4.78 is 1.42. The van der Waals surface area contributed by atoms with E-state index in [1.54, 1.807) is 18.2 Å². The number of thiocarbonyl (C=S) groups is 1. The number of pyridine rings is 1. The third-order valence-corrected chi connectivity index (χ3v) is 2.28. The molecule has 2 rings (SSSR count). The molecule has 4 nitrogen and oxygen atoms in total. The van der Waals surface area contributed by atoms with Crippen LogP contribution in [0.4, 0.5) is 0 Å². The van der Waals surface area contributed by atoms with Crippen molar-refractivity contribution in [1.29, 1.82) is 0 Å². The lowest BCUT2D eigenvalue weighted by atomic mass is 10.2. The molecule has 2 aromatic rings. The third kappa shape index (κ3) is 2.02. The average molecular weight is 252 g/mol. The van der Waals surface area contributed by atoms with Gasteiger partial charge < -0.3 is 5.11 Å². The number of thiol groups is 1. The third-order valence-electron chi connectivity index (χ3n) is 2.09. The molecule has 0 aliphatic heterocycles. The first-order valence-electron chi connectivity index (χ1n) is 4.42. The van der Waals surface area contributed by atoms with Crippen molar-refractivity contribution in [1.82, 2.24) is 4.68 Å². The van der Waals surface area contributed by atoms with Gasteiger partial charge in [0.25, 0.3) is 5.56 Å². The van der Waals surface area contributed by atoms with Crippen molar-refractivity contribution in [3.63, 3.8) is 0 Å². The Bertz CT molecular complexity index is 622. The van der Waals surface area contributed by atoms with E-state index in [1.807, 2.05) is 0 Å². The first kappa shape index (κ1) is 11.0. The van der Waals surface area contributed by atoms with Crippen molar-refractivity contribution in [3.05, 3.63) is 40.7 Å². The largest absolute Gasteiger partial charge is 0.508 e. The predicted molar refractivity (Wildman–Crippen MR) is 70.8 cm³/mol. The number of hydrogen-bond donors (Lipinski definition) is 3. The fourth-order valence-corrected chi connectivity index (χ4v) is 1.62. The lowest BCUT2D eigenvalue weighted by Gasteiger charge is -2.10. The molecule has 2 N–H and O–H groups in total. The molecular formula is C10H8N2O2S2. The quantitative estimate of drug-likeness (QED) is 0.531. The Morgan fingerprint density at radius 2 is 2.06 bits per heavy atom. The number of benzene rings is 1. The van der Waals surface area contributed by atoms with Crippen molar-refractivity contribution in [3.8, 4) is 5.75 Å². The summed E-state index contributed by atoms with van der Waals surface area (Å²) in [6.45, 7) is 0. The molecule has 0 aliphatic rings. The van der Waals surface area contributed by atoms with E-state index >= 15 is 0 Å². The highest BCUT2D eigenvalue weighted by atomic mass is 32.1. The lowest BCUT2D eigenvalue weighted by Crippen LogP contribution is -2.29. The molecule has 0 saturated carbocycles. The highest BCUT2D eigenvalue weighted by molar-refractivity contribution is 8.11. The van der Waals surface area contributed by atoms with Crippen molar-refractivity contribution >= 4 is 40.1 Å². The molecule has 0 bridgehead atoms. The van der Waals surface area contributed by atoms with E-state index in [4.69, 9.17) is 12.2 Å². The Hall–Kier alpha value is -1.53. The fourth-order valence-electron chi connectivity index (χ4n) is 1.43. The van der Waals surface area contributed by atoms with Crippen molar-refractivity contribution < 1.29 is 5.11 Å². The molecule has 0 fully saturated rings. The van der Waals surface area contributed by atoms with E-state index in [0.29, 0.717) is 5.52 Å². The second kappa shape index (κ2) is 4.15. The van der Waals surface area contributed by atoms with E-state index in [1.165, 1.54) is 16.8 Å². The van der Waals surface area contributed by atoms with Crippen molar-refractivity contribution in [2.24, 2.45) is 0 Å². The summed E-state index contributed by atoms with van der Waals surface area (Å²) in [5.41, 5.74) is 2.91. The molecule has 0 saturated heterocycles. The van der Waals surface area contributed by atoms with E-state index in [9.17, 15) is 9.90 Å². The van der Waals surface area contributed by atoms with Gasteiger partial charge in [0.05, 0.1) is 5.52 Å². The molecule has 0 atom stereocenters. The summed E-state index contributed by atoms with van der Waals surface area (Å²) in [5.74, 6) is 0.0822. The Balaban J connectivity index is 2.77. The molecule has 16 heavy (non-hydrogen) atoms. The highest BCUT2D eigenvalue weighted by Crippen LogP contribution is 2.17. The van der Waals surface area contributed by atoms with Gasteiger partial charge in [0.15, 0.2) is 0 Å². The first-order chi connectivity index (χ1) is 7.58. The molecule has 1 aromatic carbocycles. The summed E-state index contributed by atoms with van der Waals surface area (Å²) in [6, 6.07) is 7.84. The Morgan fingerprint density at radius 1 is 1.38 bits per heavy atom. The Kier molecular flexibility index (Phi) is 2.84. The van der Waals surface area contributed by atoms with Crippen molar-refractivity contribution in [2.45, 2.75) is 0 Å². The van der Waals surface area contributed by atoms with Gasteiger partial charge in [-0.1, -0.05) is 12.2 Å². The molecule has 0 unspecified atom stereocenters. The smallest absolute Gasteiger partial charge is 0.269 e. The average Bonchev–Trinajstić information content (AvgIpc) is 2.22. The maximum absolute atomic E-state index is 11.6. The van der Waals surface area contributed by atoms with Gasteiger partial charge in [-0.3, -0.25) is 10.2 Å². The monoisotopic (exact) mass is 252 g/mol. The molecule has 0 amide bonds. The number of hydrogen-bond acceptors (Lipinski definition) is 3. The molecule has 82 valence electrons. The van der Waals surface area contributed by atoms with Crippen LogP contribution in [-0.4, -0.2) is 14.1 Å². The van der Waals surface area contributed by atoms with Gasteiger partial charge in [0, 0.05) is 17.5 Å². The van der Waals surface area contributed by atoms with Gasteiger partial charge in [-0.15, -0.1) is 12.6 Å². The summed E-state index contributed by atoms with van der Waals surface area (Å²) in [7, 11) is 0. The zero-order valence-corrected chi connectivity index (χ0v) is 9.76. The second-order valence-corrected chi connectivity index (χ2v) is 4.33. The molecule has 1 aromatic heterocycles. The summed E-state index contributed by atoms with van der Waals surface area (Å²) in [6.07, 6.45) is 0. The molecule has 1 heterocycles. The summed E-state index contributed by atoms with van der Waals surface area (Å²) >= 11 is 8.67. The van der Waals surface area contributed by atoms with Crippen LogP contribution in [0.15, 0.2) is 35.1 Å². The van der Waals surface area contributed by atoms with Gasteiger partial charge in [-0.05, 0) is 18.2 Å². The summed E-state index contributed by atoms with van der Waals surface area (Å²) in [4.78, 5) is 11.6. The van der Waals surface area contributed by atoms with E-state index in [-0.39, 0.29) is 15.6 Å². The topological polar surface area (TPSA) is 54.3 Å². The summed E-state index contributed by atoms with van der Waals surface area (Å²) in [5, 5.41) is 10.2. The number of aromatic hydroxyl groups is 1.